The van der Waals surface area contributed by atoms with Crippen molar-refractivity contribution >= 4 is 11.8 Å². The van der Waals surface area contributed by atoms with E-state index < -0.39 is 18.2 Å². The van der Waals surface area contributed by atoms with Crippen molar-refractivity contribution in [1.82, 2.24) is 0 Å². The third-order valence-corrected chi connectivity index (χ3v) is 4.53. The molecule has 0 unspecified atom stereocenters. The summed E-state index contributed by atoms with van der Waals surface area (Å²) in [6, 6.07) is 0. The molecule has 0 aromatic carbocycles. The van der Waals surface area contributed by atoms with E-state index in [0.717, 1.165) is 19.3 Å². The average Bonchev–Trinajstić information content (AvgIpc) is 2.68. The molecule has 0 aromatic heterocycles. The minimum atomic E-state index is -0.891. The van der Waals surface area contributed by atoms with Crippen molar-refractivity contribution in [3.63, 3.8) is 0 Å². The number of ketones is 1. The summed E-state index contributed by atoms with van der Waals surface area (Å²) in [6.07, 6.45) is 3.97. The maximum atomic E-state index is 11.8. The monoisotopic (exact) mass is 300 g/mol. The van der Waals surface area contributed by atoms with Crippen LogP contribution in [0.2, 0.25) is 0 Å². The molecule has 5 heteroatoms. The molecule has 4 atom stereocenters. The van der Waals surface area contributed by atoms with Crippen molar-refractivity contribution in [3.8, 4) is 0 Å². The zero-order valence-corrected chi connectivity index (χ0v) is 12.8. The van der Waals surface area contributed by atoms with E-state index in [4.69, 9.17) is 5.11 Å². The number of aliphatic carboxylic acids is 1. The van der Waals surface area contributed by atoms with Crippen LogP contribution in [-0.2, 0) is 9.59 Å². The average molecular weight is 300 g/mol. The van der Waals surface area contributed by atoms with Crippen LogP contribution in [0.1, 0.15) is 64.7 Å². The Bertz CT molecular complexity index is 342. The van der Waals surface area contributed by atoms with Crippen molar-refractivity contribution in [2.75, 3.05) is 0 Å². The zero-order valence-electron chi connectivity index (χ0n) is 12.8. The van der Waals surface area contributed by atoms with Gasteiger partial charge in [0.2, 0.25) is 0 Å². The van der Waals surface area contributed by atoms with Crippen LogP contribution in [-0.4, -0.2) is 39.3 Å². The van der Waals surface area contributed by atoms with Gasteiger partial charge in [-0.3, -0.25) is 9.59 Å². The number of unbranched alkanes of at least 4 members (excludes halogenated alkanes) is 2. The molecule has 0 spiro atoms. The molecule has 0 bridgehead atoms. The number of aliphatic hydroxyl groups is 2. The van der Waals surface area contributed by atoms with Gasteiger partial charge in [0.1, 0.15) is 5.78 Å². The van der Waals surface area contributed by atoms with Crippen LogP contribution in [0.25, 0.3) is 0 Å². The number of carboxylic acid groups (broad SMARTS) is 1. The van der Waals surface area contributed by atoms with Crippen molar-refractivity contribution < 1.29 is 24.9 Å². The van der Waals surface area contributed by atoms with Crippen LogP contribution in [0.15, 0.2) is 0 Å². The Labute approximate surface area is 126 Å². The van der Waals surface area contributed by atoms with Gasteiger partial charge in [-0.05, 0) is 37.5 Å². The number of Topliss-reactive ketones (excluding diaryl/α,β-unsaturated/α-hetero) is 1. The van der Waals surface area contributed by atoms with Crippen molar-refractivity contribution in [3.05, 3.63) is 0 Å². The van der Waals surface area contributed by atoms with Crippen LogP contribution in [0.3, 0.4) is 0 Å². The van der Waals surface area contributed by atoms with Gasteiger partial charge in [0.25, 0.3) is 0 Å². The predicted octanol–water partition coefficient (Wildman–Crippen LogP) is 2.14. The molecule has 1 saturated carbocycles. The smallest absolute Gasteiger partial charge is 0.303 e. The van der Waals surface area contributed by atoms with Gasteiger partial charge in [-0.1, -0.05) is 19.8 Å². The summed E-state index contributed by atoms with van der Waals surface area (Å²) < 4.78 is 0. The molecule has 5 nitrogen and oxygen atoms in total. The molecule has 0 heterocycles. The Kier molecular flexibility index (Phi) is 7.89. The molecule has 0 saturated heterocycles. The Morgan fingerprint density at radius 1 is 0.952 bits per heavy atom. The quantitative estimate of drug-likeness (QED) is 0.537. The Hall–Kier alpha value is -0.940. The van der Waals surface area contributed by atoms with E-state index in [2.05, 4.69) is 6.92 Å². The van der Waals surface area contributed by atoms with Gasteiger partial charge in [0.05, 0.1) is 12.2 Å². The first-order valence-electron chi connectivity index (χ1n) is 8.05. The van der Waals surface area contributed by atoms with Crippen LogP contribution >= 0.6 is 0 Å². The van der Waals surface area contributed by atoms with Crippen molar-refractivity contribution in [2.24, 2.45) is 11.8 Å². The van der Waals surface area contributed by atoms with Crippen LogP contribution in [0.4, 0.5) is 0 Å². The Morgan fingerprint density at radius 2 is 1.52 bits per heavy atom. The van der Waals surface area contributed by atoms with E-state index in [9.17, 15) is 19.8 Å². The number of rotatable bonds is 10. The zero-order chi connectivity index (χ0) is 15.8. The molecule has 0 aromatic rings. The number of carbonyl (C=O) groups is 2. The lowest BCUT2D eigenvalue weighted by atomic mass is 9.85. The normalized spacial score (nSPS) is 28.7. The van der Waals surface area contributed by atoms with E-state index in [0.29, 0.717) is 32.1 Å². The maximum absolute atomic E-state index is 11.8. The summed E-state index contributed by atoms with van der Waals surface area (Å²) in [5.41, 5.74) is 0. The van der Waals surface area contributed by atoms with E-state index in [1.807, 2.05) is 0 Å². The molecular weight excluding hydrogens is 272 g/mol. The van der Waals surface area contributed by atoms with Gasteiger partial charge in [-0.25, -0.2) is 0 Å². The predicted molar refractivity (Wildman–Crippen MR) is 78.9 cm³/mol. The number of aliphatic hydroxyl groups excluding tert-OH is 2. The summed E-state index contributed by atoms with van der Waals surface area (Å²) in [5, 5.41) is 28.7. The fraction of sp³-hybridized carbons (Fsp3) is 0.875. The summed E-state index contributed by atoms with van der Waals surface area (Å²) in [4.78, 5) is 22.5. The van der Waals surface area contributed by atoms with Gasteiger partial charge in [-0.15, -0.1) is 0 Å². The second-order valence-corrected chi connectivity index (χ2v) is 6.16. The first-order chi connectivity index (χ1) is 9.95. The highest BCUT2D eigenvalue weighted by atomic mass is 16.4. The van der Waals surface area contributed by atoms with Gasteiger partial charge in [0.15, 0.2) is 0 Å². The first-order valence-corrected chi connectivity index (χ1v) is 8.05. The topological polar surface area (TPSA) is 94.8 Å². The van der Waals surface area contributed by atoms with Gasteiger partial charge >= 0.3 is 5.97 Å². The second-order valence-electron chi connectivity index (χ2n) is 6.16. The minimum absolute atomic E-state index is 0.00457. The number of hydrogen-bond acceptors (Lipinski definition) is 4. The van der Waals surface area contributed by atoms with Gasteiger partial charge in [-0.2, -0.15) is 0 Å². The van der Waals surface area contributed by atoms with Gasteiger partial charge in [0, 0.05) is 19.3 Å². The molecule has 1 aliphatic carbocycles. The molecule has 122 valence electrons. The van der Waals surface area contributed by atoms with Crippen LogP contribution in [0, 0.1) is 11.8 Å². The van der Waals surface area contributed by atoms with Crippen LogP contribution in [0.5, 0.6) is 0 Å². The third-order valence-electron chi connectivity index (χ3n) is 4.53. The molecule has 0 amide bonds. The first kappa shape index (κ1) is 18.1. The summed E-state index contributed by atoms with van der Waals surface area (Å²) >= 11 is 0. The third kappa shape index (κ3) is 6.14. The molecule has 0 radical (unpaired) electrons. The molecule has 0 aliphatic heterocycles. The SMILES string of the molecule is CCCCCC(=O)CC[C@@H]1[C@@H](CCC(=O)O)[C@H](O)C[C@H]1O. The van der Waals surface area contributed by atoms with Crippen molar-refractivity contribution in [1.29, 1.82) is 0 Å². The number of hydrogen-bond donors (Lipinski definition) is 3. The lowest BCUT2D eigenvalue weighted by Gasteiger charge is -2.22. The number of carboxylic acids is 1. The van der Waals surface area contributed by atoms with Crippen molar-refractivity contribution in [2.45, 2.75) is 76.9 Å². The highest BCUT2D eigenvalue weighted by Crippen LogP contribution is 2.38. The summed E-state index contributed by atoms with van der Waals surface area (Å²) in [5.74, 6) is -1.05. The Balaban J connectivity index is 2.42. The van der Waals surface area contributed by atoms with Crippen LogP contribution < -0.4 is 0 Å². The maximum Gasteiger partial charge on any atom is 0.303 e. The number of carbonyl (C=O) groups excluding carboxylic acids is 1. The van der Waals surface area contributed by atoms with E-state index in [-0.39, 0.29) is 24.0 Å². The van der Waals surface area contributed by atoms with E-state index >= 15 is 0 Å². The molecule has 1 aliphatic rings. The minimum Gasteiger partial charge on any atom is -0.481 e. The standard InChI is InChI=1S/C16H28O5/c1-2-3-4-5-11(17)6-7-12-13(8-9-16(20)21)15(19)10-14(12)18/h12-15,18-19H,2-10H2,1H3,(H,20,21)/t12-,13-,14-,15-/m1/s1. The lowest BCUT2D eigenvalue weighted by Crippen LogP contribution is -2.24. The molecule has 3 N–H and O–H groups in total. The highest BCUT2D eigenvalue weighted by molar-refractivity contribution is 5.78. The molecule has 1 fully saturated rings. The summed E-state index contributed by atoms with van der Waals surface area (Å²) in [6.45, 7) is 2.09. The fourth-order valence-corrected chi connectivity index (χ4v) is 3.30. The highest BCUT2D eigenvalue weighted by Gasteiger charge is 2.41. The summed E-state index contributed by atoms with van der Waals surface area (Å²) in [7, 11) is 0. The Morgan fingerprint density at radius 3 is 2.05 bits per heavy atom. The largest absolute Gasteiger partial charge is 0.481 e. The van der Waals surface area contributed by atoms with Gasteiger partial charge < -0.3 is 15.3 Å². The molecule has 1 rings (SSSR count). The second kappa shape index (κ2) is 9.15. The van der Waals surface area contributed by atoms with E-state index in [1.54, 1.807) is 0 Å². The molecular formula is C16H28O5. The molecule has 21 heavy (non-hydrogen) atoms. The lowest BCUT2D eigenvalue weighted by molar-refractivity contribution is -0.137. The fourth-order valence-electron chi connectivity index (χ4n) is 3.30. The van der Waals surface area contributed by atoms with E-state index in [1.165, 1.54) is 0 Å².